The molecule has 3 N–H and O–H groups in total. The van der Waals surface area contributed by atoms with Gasteiger partial charge in [-0.15, -0.1) is 22.7 Å². The Bertz CT molecular complexity index is 753. The number of hydrogen-bond donors (Lipinski definition) is 3. The summed E-state index contributed by atoms with van der Waals surface area (Å²) < 4.78 is 5.01. The lowest BCUT2D eigenvalue weighted by Crippen LogP contribution is -2.45. The van der Waals surface area contributed by atoms with Gasteiger partial charge in [-0.25, -0.2) is 9.59 Å². The first-order valence-corrected chi connectivity index (χ1v) is 12.4. The summed E-state index contributed by atoms with van der Waals surface area (Å²) in [4.78, 5) is 28.1. The maximum Gasteiger partial charge on any atom is 0.408 e. The standard InChI is InChI=1S/C22H33N3O4S2/c1-3-4-8-17(24-21(26)23-11-7-12-29-2)15-19(20-10-6-14-31-20)25(22(27)28)16-18-9-5-13-30-18/h5-6,9-10,13-14,17,19H,3-4,7-8,11-12,15-16H2,1-2H3,(H,27,28)(H2,23,24,26)/t17-,19?/m0/s1. The van der Waals surface area contributed by atoms with Gasteiger partial charge in [0.05, 0.1) is 12.6 Å². The minimum absolute atomic E-state index is 0.125. The number of carbonyl (C=O) groups is 2. The molecule has 2 aromatic heterocycles. The van der Waals surface area contributed by atoms with Crippen LogP contribution in [0.1, 0.15) is 54.8 Å². The zero-order valence-corrected chi connectivity index (χ0v) is 19.8. The molecule has 0 radical (unpaired) electrons. The molecule has 2 heterocycles. The van der Waals surface area contributed by atoms with E-state index in [0.717, 1.165) is 35.4 Å². The number of amides is 3. The fourth-order valence-corrected chi connectivity index (χ4v) is 4.94. The molecule has 0 aliphatic rings. The quantitative estimate of drug-likeness (QED) is 0.328. The summed E-state index contributed by atoms with van der Waals surface area (Å²) in [7, 11) is 1.63. The van der Waals surface area contributed by atoms with Gasteiger partial charge in [0.1, 0.15) is 0 Å². The molecule has 9 heteroatoms. The van der Waals surface area contributed by atoms with Crippen molar-refractivity contribution in [3.05, 3.63) is 44.8 Å². The third-order valence-corrected chi connectivity index (χ3v) is 6.79. The second kappa shape index (κ2) is 14.1. The van der Waals surface area contributed by atoms with E-state index in [9.17, 15) is 14.7 Å². The molecular weight excluding hydrogens is 434 g/mol. The van der Waals surface area contributed by atoms with Crippen molar-refractivity contribution in [3.63, 3.8) is 0 Å². The minimum Gasteiger partial charge on any atom is -0.465 e. The number of hydrogen-bond acceptors (Lipinski definition) is 5. The van der Waals surface area contributed by atoms with E-state index in [1.807, 2.05) is 35.0 Å². The van der Waals surface area contributed by atoms with E-state index in [4.69, 9.17) is 4.74 Å². The van der Waals surface area contributed by atoms with Crippen molar-refractivity contribution in [2.24, 2.45) is 0 Å². The monoisotopic (exact) mass is 467 g/mol. The third kappa shape index (κ3) is 8.88. The molecule has 3 amide bonds. The number of unbranched alkanes of at least 4 members (excludes halogenated alkanes) is 1. The molecule has 0 fully saturated rings. The average molecular weight is 468 g/mol. The summed E-state index contributed by atoms with van der Waals surface area (Å²) in [6.07, 6.45) is 3.10. The van der Waals surface area contributed by atoms with Crippen LogP contribution < -0.4 is 10.6 Å². The lowest BCUT2D eigenvalue weighted by Gasteiger charge is -2.32. The Hall–Kier alpha value is -2.10. The number of nitrogens with zero attached hydrogens (tertiary/aromatic N) is 1. The van der Waals surface area contributed by atoms with Crippen LogP contribution >= 0.6 is 22.7 Å². The van der Waals surface area contributed by atoms with Gasteiger partial charge < -0.3 is 20.5 Å². The van der Waals surface area contributed by atoms with Crippen LogP contribution in [0.2, 0.25) is 0 Å². The smallest absolute Gasteiger partial charge is 0.408 e. The molecular formula is C22H33N3O4S2. The number of urea groups is 1. The van der Waals surface area contributed by atoms with Crippen LogP contribution in [0.5, 0.6) is 0 Å². The molecule has 0 spiro atoms. The van der Waals surface area contributed by atoms with Gasteiger partial charge in [-0.1, -0.05) is 31.9 Å². The first kappa shape index (κ1) is 25.2. The van der Waals surface area contributed by atoms with Crippen molar-refractivity contribution in [1.82, 2.24) is 15.5 Å². The molecule has 2 atom stereocenters. The normalized spacial score (nSPS) is 12.8. The Labute approximate surface area is 192 Å². The highest BCUT2D eigenvalue weighted by atomic mass is 32.1. The van der Waals surface area contributed by atoms with Crippen molar-refractivity contribution < 1.29 is 19.4 Å². The van der Waals surface area contributed by atoms with Crippen LogP contribution in [0.3, 0.4) is 0 Å². The fourth-order valence-electron chi connectivity index (χ4n) is 3.38. The van der Waals surface area contributed by atoms with Crippen LogP contribution in [0.15, 0.2) is 35.0 Å². The predicted octanol–water partition coefficient (Wildman–Crippen LogP) is 5.32. The lowest BCUT2D eigenvalue weighted by molar-refractivity contribution is 0.114. The molecule has 0 aliphatic heterocycles. The van der Waals surface area contributed by atoms with Crippen LogP contribution in [0, 0.1) is 0 Å². The van der Waals surface area contributed by atoms with Crippen molar-refractivity contribution in [2.75, 3.05) is 20.3 Å². The van der Waals surface area contributed by atoms with Gasteiger partial charge in [0.2, 0.25) is 0 Å². The highest BCUT2D eigenvalue weighted by Crippen LogP contribution is 2.32. The van der Waals surface area contributed by atoms with Crippen LogP contribution in [-0.4, -0.2) is 48.4 Å². The number of carbonyl (C=O) groups excluding carboxylic acids is 1. The molecule has 0 aromatic carbocycles. The van der Waals surface area contributed by atoms with Crippen LogP contribution in [0.25, 0.3) is 0 Å². The number of rotatable bonds is 14. The predicted molar refractivity (Wildman–Crippen MR) is 126 cm³/mol. The molecule has 0 saturated heterocycles. The van der Waals surface area contributed by atoms with E-state index < -0.39 is 6.09 Å². The fraction of sp³-hybridized carbons (Fsp3) is 0.545. The second-order valence-electron chi connectivity index (χ2n) is 7.34. The number of methoxy groups -OCH3 is 1. The zero-order valence-electron chi connectivity index (χ0n) is 18.2. The number of carboxylic acid groups (broad SMARTS) is 1. The maximum absolute atomic E-state index is 12.4. The molecule has 0 saturated carbocycles. The van der Waals surface area contributed by atoms with Gasteiger partial charge in [-0.3, -0.25) is 4.90 Å². The van der Waals surface area contributed by atoms with Gasteiger partial charge in [-0.2, -0.15) is 0 Å². The highest BCUT2D eigenvalue weighted by Gasteiger charge is 2.29. The van der Waals surface area contributed by atoms with Gasteiger partial charge in [0, 0.05) is 36.1 Å². The summed E-state index contributed by atoms with van der Waals surface area (Å²) in [6.45, 7) is 3.57. The molecule has 31 heavy (non-hydrogen) atoms. The van der Waals surface area contributed by atoms with E-state index in [1.54, 1.807) is 29.8 Å². The highest BCUT2D eigenvalue weighted by molar-refractivity contribution is 7.10. The summed E-state index contributed by atoms with van der Waals surface area (Å²) in [5.74, 6) is 0. The minimum atomic E-state index is -0.954. The molecule has 1 unspecified atom stereocenters. The maximum atomic E-state index is 12.4. The Kier molecular flexibility index (Phi) is 11.4. The average Bonchev–Trinajstić information content (AvgIpc) is 3.46. The number of ether oxygens (including phenoxy) is 1. The van der Waals surface area contributed by atoms with E-state index in [2.05, 4.69) is 17.6 Å². The van der Waals surface area contributed by atoms with Gasteiger partial charge >= 0.3 is 12.1 Å². The van der Waals surface area contributed by atoms with Crippen molar-refractivity contribution >= 4 is 34.8 Å². The van der Waals surface area contributed by atoms with Gasteiger partial charge in [-0.05, 0) is 42.2 Å². The molecule has 0 aliphatic carbocycles. The lowest BCUT2D eigenvalue weighted by atomic mass is 9.99. The Morgan fingerprint density at radius 1 is 1.19 bits per heavy atom. The van der Waals surface area contributed by atoms with Crippen molar-refractivity contribution in [2.45, 2.75) is 57.7 Å². The zero-order chi connectivity index (χ0) is 22.5. The topological polar surface area (TPSA) is 90.9 Å². The molecule has 172 valence electrons. The first-order valence-electron chi connectivity index (χ1n) is 10.6. The Morgan fingerprint density at radius 3 is 2.58 bits per heavy atom. The summed E-state index contributed by atoms with van der Waals surface area (Å²) in [5.41, 5.74) is 0. The van der Waals surface area contributed by atoms with Crippen molar-refractivity contribution in [3.8, 4) is 0 Å². The largest absolute Gasteiger partial charge is 0.465 e. The first-order chi connectivity index (χ1) is 15.0. The van der Waals surface area contributed by atoms with Gasteiger partial charge in [0.25, 0.3) is 0 Å². The Balaban J connectivity index is 2.13. The molecule has 0 bridgehead atoms. The van der Waals surface area contributed by atoms with Crippen molar-refractivity contribution in [1.29, 1.82) is 0 Å². The van der Waals surface area contributed by atoms with Crippen LogP contribution in [0.4, 0.5) is 9.59 Å². The Morgan fingerprint density at radius 2 is 1.97 bits per heavy atom. The summed E-state index contributed by atoms with van der Waals surface area (Å²) in [5, 5.41) is 19.9. The molecule has 2 aromatic rings. The van der Waals surface area contributed by atoms with E-state index in [-0.39, 0.29) is 18.1 Å². The number of thiophene rings is 2. The summed E-state index contributed by atoms with van der Waals surface area (Å²) in [6, 6.07) is 7.12. The molecule has 7 nitrogen and oxygen atoms in total. The summed E-state index contributed by atoms with van der Waals surface area (Å²) >= 11 is 3.10. The second-order valence-corrected chi connectivity index (χ2v) is 9.35. The van der Waals surface area contributed by atoms with Gasteiger partial charge in [0.15, 0.2) is 0 Å². The van der Waals surface area contributed by atoms with Crippen LogP contribution in [-0.2, 0) is 11.3 Å². The molecule has 2 rings (SSSR count). The van der Waals surface area contributed by atoms with E-state index >= 15 is 0 Å². The third-order valence-electron chi connectivity index (χ3n) is 4.96. The van der Waals surface area contributed by atoms with E-state index in [1.165, 1.54) is 4.90 Å². The SMILES string of the molecule is CCCC[C@@H](CC(c1cccs1)N(Cc1cccs1)C(=O)O)NC(=O)NCCCOC. The number of nitrogens with one attached hydrogen (secondary N) is 2. The van der Waals surface area contributed by atoms with E-state index in [0.29, 0.717) is 26.1 Å².